The maximum atomic E-state index is 13.0. The Morgan fingerprint density at radius 1 is 0.935 bits per heavy atom. The van der Waals surface area contributed by atoms with E-state index >= 15 is 0 Å². The zero-order chi connectivity index (χ0) is 21.6. The molecule has 0 radical (unpaired) electrons. The SMILES string of the molecule is COc1ccc(OC)c(/C=N\NC(=O)c2cc(-c3ccccc3)nc3ccccc23)c1. The summed E-state index contributed by atoms with van der Waals surface area (Å²) in [5.74, 6) is 0.967. The molecule has 1 heterocycles. The summed E-state index contributed by atoms with van der Waals surface area (Å²) in [6.45, 7) is 0. The van der Waals surface area contributed by atoms with Gasteiger partial charge in [0.2, 0.25) is 0 Å². The second-order valence-electron chi connectivity index (χ2n) is 6.75. The van der Waals surface area contributed by atoms with Crippen molar-refractivity contribution >= 4 is 23.0 Å². The third-order valence-electron chi connectivity index (χ3n) is 4.84. The first-order valence-electron chi connectivity index (χ1n) is 9.70. The summed E-state index contributed by atoms with van der Waals surface area (Å²) in [5, 5.41) is 4.89. The molecule has 0 atom stereocenters. The van der Waals surface area contributed by atoms with Gasteiger partial charge in [0.25, 0.3) is 5.91 Å². The molecule has 4 rings (SSSR count). The van der Waals surface area contributed by atoms with Crippen molar-refractivity contribution in [3.8, 4) is 22.8 Å². The first-order valence-corrected chi connectivity index (χ1v) is 9.70. The van der Waals surface area contributed by atoms with E-state index in [4.69, 9.17) is 14.5 Å². The number of aromatic nitrogens is 1. The number of nitrogens with one attached hydrogen (secondary N) is 1. The van der Waals surface area contributed by atoms with Crippen molar-refractivity contribution in [1.82, 2.24) is 10.4 Å². The van der Waals surface area contributed by atoms with Crippen LogP contribution in [0, 0.1) is 0 Å². The molecule has 0 saturated heterocycles. The van der Waals surface area contributed by atoms with Crippen LogP contribution >= 0.6 is 0 Å². The van der Waals surface area contributed by atoms with E-state index in [1.807, 2.05) is 54.6 Å². The molecule has 0 spiro atoms. The average Bonchev–Trinajstić information content (AvgIpc) is 2.83. The summed E-state index contributed by atoms with van der Waals surface area (Å²) < 4.78 is 10.6. The lowest BCUT2D eigenvalue weighted by Crippen LogP contribution is -2.18. The summed E-state index contributed by atoms with van der Waals surface area (Å²) in [4.78, 5) is 17.7. The molecule has 0 fully saturated rings. The fraction of sp³-hybridized carbons (Fsp3) is 0.0800. The van der Waals surface area contributed by atoms with Crippen LogP contribution in [0.25, 0.3) is 22.2 Å². The van der Waals surface area contributed by atoms with Gasteiger partial charge < -0.3 is 9.47 Å². The highest BCUT2D eigenvalue weighted by Gasteiger charge is 2.13. The molecule has 0 aliphatic carbocycles. The van der Waals surface area contributed by atoms with Crippen molar-refractivity contribution in [3.63, 3.8) is 0 Å². The third-order valence-corrected chi connectivity index (χ3v) is 4.84. The van der Waals surface area contributed by atoms with E-state index in [2.05, 4.69) is 10.5 Å². The van der Waals surface area contributed by atoms with Crippen molar-refractivity contribution in [3.05, 3.63) is 90.0 Å². The Bertz CT molecular complexity index is 1250. The number of carbonyl (C=O) groups is 1. The zero-order valence-electron chi connectivity index (χ0n) is 17.2. The van der Waals surface area contributed by atoms with Crippen LogP contribution in [0.1, 0.15) is 15.9 Å². The van der Waals surface area contributed by atoms with E-state index in [-0.39, 0.29) is 5.91 Å². The zero-order valence-corrected chi connectivity index (χ0v) is 17.2. The minimum absolute atomic E-state index is 0.325. The Kier molecular flexibility index (Phi) is 5.89. The van der Waals surface area contributed by atoms with Crippen LogP contribution in [0.3, 0.4) is 0 Å². The van der Waals surface area contributed by atoms with Crippen LogP contribution < -0.4 is 14.9 Å². The monoisotopic (exact) mass is 411 g/mol. The van der Waals surface area contributed by atoms with E-state index in [1.165, 1.54) is 6.21 Å². The van der Waals surface area contributed by atoms with Gasteiger partial charge in [-0.3, -0.25) is 4.79 Å². The van der Waals surface area contributed by atoms with E-state index in [1.54, 1.807) is 38.5 Å². The predicted octanol–water partition coefficient (Wildman–Crippen LogP) is 4.68. The molecule has 0 saturated carbocycles. The van der Waals surface area contributed by atoms with Gasteiger partial charge in [0.1, 0.15) is 11.5 Å². The number of hydrogen-bond donors (Lipinski definition) is 1. The highest BCUT2D eigenvalue weighted by Crippen LogP contribution is 2.25. The van der Waals surface area contributed by atoms with Crippen molar-refractivity contribution in [2.45, 2.75) is 0 Å². The number of hydrogen-bond acceptors (Lipinski definition) is 5. The van der Waals surface area contributed by atoms with Crippen LogP contribution in [-0.4, -0.2) is 31.3 Å². The number of rotatable bonds is 6. The van der Waals surface area contributed by atoms with Crippen molar-refractivity contribution in [2.24, 2.45) is 5.10 Å². The van der Waals surface area contributed by atoms with Gasteiger partial charge >= 0.3 is 0 Å². The first-order chi connectivity index (χ1) is 15.2. The normalized spacial score (nSPS) is 10.9. The molecule has 0 unspecified atom stereocenters. The van der Waals surface area contributed by atoms with Crippen LogP contribution in [-0.2, 0) is 0 Å². The molecule has 1 N–H and O–H groups in total. The van der Waals surface area contributed by atoms with Gasteiger partial charge in [0.05, 0.1) is 37.2 Å². The molecular weight excluding hydrogens is 390 g/mol. The Balaban J connectivity index is 1.66. The van der Waals surface area contributed by atoms with Crippen LogP contribution in [0.15, 0.2) is 84.0 Å². The van der Waals surface area contributed by atoms with Crippen molar-refractivity contribution in [2.75, 3.05) is 14.2 Å². The molecule has 6 nitrogen and oxygen atoms in total. The maximum absolute atomic E-state index is 13.0. The first kappa shape index (κ1) is 20.1. The molecule has 154 valence electrons. The largest absolute Gasteiger partial charge is 0.497 e. The molecule has 0 aliphatic rings. The highest BCUT2D eigenvalue weighted by molar-refractivity contribution is 6.07. The molecule has 31 heavy (non-hydrogen) atoms. The van der Waals surface area contributed by atoms with Gasteiger partial charge in [-0.25, -0.2) is 10.4 Å². The number of pyridine rings is 1. The van der Waals surface area contributed by atoms with E-state index < -0.39 is 0 Å². The van der Waals surface area contributed by atoms with E-state index in [0.29, 0.717) is 22.6 Å². The molecule has 0 bridgehead atoms. The number of nitrogens with zero attached hydrogens (tertiary/aromatic N) is 2. The third kappa shape index (κ3) is 4.38. The van der Waals surface area contributed by atoms with Crippen LogP contribution in [0.4, 0.5) is 0 Å². The van der Waals surface area contributed by atoms with Gasteiger partial charge in [-0.2, -0.15) is 5.10 Å². The van der Waals surface area contributed by atoms with Gasteiger partial charge in [0.15, 0.2) is 0 Å². The number of ether oxygens (including phenoxy) is 2. The summed E-state index contributed by atoms with van der Waals surface area (Å²) in [5.41, 5.74) is 6.20. The lowest BCUT2D eigenvalue weighted by Gasteiger charge is -2.09. The van der Waals surface area contributed by atoms with Crippen molar-refractivity contribution < 1.29 is 14.3 Å². The standard InChI is InChI=1S/C25H21N3O3/c1-30-19-12-13-24(31-2)18(14-19)16-26-28-25(29)21-15-23(17-8-4-3-5-9-17)27-22-11-7-6-10-20(21)22/h3-16H,1-2H3,(H,28,29)/b26-16-. The van der Waals surface area contributed by atoms with Gasteiger partial charge in [0, 0.05) is 16.5 Å². The molecule has 6 heteroatoms. The lowest BCUT2D eigenvalue weighted by molar-refractivity contribution is 0.0956. The number of para-hydroxylation sites is 1. The Morgan fingerprint density at radius 2 is 1.71 bits per heavy atom. The molecule has 1 amide bonds. The topological polar surface area (TPSA) is 72.8 Å². The van der Waals surface area contributed by atoms with E-state index in [0.717, 1.165) is 22.2 Å². The number of methoxy groups -OCH3 is 2. The Morgan fingerprint density at radius 3 is 2.48 bits per heavy atom. The second-order valence-corrected chi connectivity index (χ2v) is 6.75. The number of amides is 1. The summed E-state index contributed by atoms with van der Waals surface area (Å²) in [6, 6.07) is 24.5. The van der Waals surface area contributed by atoms with Crippen LogP contribution in [0.5, 0.6) is 11.5 Å². The number of hydrazone groups is 1. The number of benzene rings is 3. The minimum Gasteiger partial charge on any atom is -0.497 e. The average molecular weight is 411 g/mol. The summed E-state index contributed by atoms with van der Waals surface area (Å²) >= 11 is 0. The molecule has 0 aliphatic heterocycles. The summed E-state index contributed by atoms with van der Waals surface area (Å²) in [6.07, 6.45) is 1.53. The van der Waals surface area contributed by atoms with Crippen LogP contribution in [0.2, 0.25) is 0 Å². The van der Waals surface area contributed by atoms with Gasteiger partial charge in [-0.1, -0.05) is 48.5 Å². The second kappa shape index (κ2) is 9.09. The van der Waals surface area contributed by atoms with Gasteiger partial charge in [-0.15, -0.1) is 0 Å². The summed E-state index contributed by atoms with van der Waals surface area (Å²) in [7, 11) is 3.16. The van der Waals surface area contributed by atoms with E-state index in [9.17, 15) is 4.79 Å². The van der Waals surface area contributed by atoms with Gasteiger partial charge in [-0.05, 0) is 30.3 Å². The molecule has 3 aromatic carbocycles. The highest BCUT2D eigenvalue weighted by atomic mass is 16.5. The fourth-order valence-corrected chi connectivity index (χ4v) is 3.28. The molecule has 4 aromatic rings. The maximum Gasteiger partial charge on any atom is 0.272 e. The molecular formula is C25H21N3O3. The Hall–Kier alpha value is -4.19. The Labute approximate surface area is 180 Å². The fourth-order valence-electron chi connectivity index (χ4n) is 3.28. The number of fused-ring (bicyclic) bond motifs is 1. The smallest absolute Gasteiger partial charge is 0.272 e. The van der Waals surface area contributed by atoms with Crippen molar-refractivity contribution in [1.29, 1.82) is 0 Å². The number of carbonyl (C=O) groups excluding carboxylic acids is 1. The molecule has 1 aromatic heterocycles. The quantitative estimate of drug-likeness (QED) is 0.369. The predicted molar refractivity (Wildman–Crippen MR) is 122 cm³/mol. The lowest BCUT2D eigenvalue weighted by atomic mass is 10.0. The minimum atomic E-state index is -0.325.